The zero-order chi connectivity index (χ0) is 12.9. The minimum Gasteiger partial charge on any atom is -0.440 e. The molecule has 3 aliphatic rings. The molecule has 0 spiro atoms. The zero-order valence-electron chi connectivity index (χ0n) is 12.5. The molecule has 1 saturated heterocycles. The van der Waals surface area contributed by atoms with Crippen LogP contribution in [-0.4, -0.2) is 35.0 Å². The van der Waals surface area contributed by atoms with Crippen LogP contribution in [0.3, 0.4) is 0 Å². The summed E-state index contributed by atoms with van der Waals surface area (Å²) in [5.41, 5.74) is 0. The van der Waals surface area contributed by atoms with Crippen molar-refractivity contribution >= 4 is 0 Å². The van der Waals surface area contributed by atoms with Crippen LogP contribution in [0.2, 0.25) is 0 Å². The summed E-state index contributed by atoms with van der Waals surface area (Å²) in [4.78, 5) is 5.45. The van der Waals surface area contributed by atoms with Gasteiger partial charge in [0.15, 0.2) is 0 Å². The van der Waals surface area contributed by atoms with Crippen LogP contribution >= 0.6 is 0 Å². The molecule has 0 bridgehead atoms. The summed E-state index contributed by atoms with van der Waals surface area (Å²) in [5.74, 6) is 0. The van der Waals surface area contributed by atoms with E-state index in [0.717, 1.165) is 12.1 Å². The van der Waals surface area contributed by atoms with Gasteiger partial charge in [-0.2, -0.15) is 0 Å². The van der Waals surface area contributed by atoms with Crippen LogP contribution in [0.1, 0.15) is 77.0 Å². The molecule has 0 radical (unpaired) electrons. The molecule has 2 heteroatoms. The summed E-state index contributed by atoms with van der Waals surface area (Å²) in [6.07, 6.45) is 17.3. The predicted octanol–water partition coefficient (Wildman–Crippen LogP) is 4.17. The first-order valence-electron chi connectivity index (χ1n) is 8.80. The van der Waals surface area contributed by atoms with Gasteiger partial charge in [0, 0.05) is 0 Å². The van der Waals surface area contributed by atoms with Crippen LogP contribution in [0.4, 0.5) is 0 Å². The van der Waals surface area contributed by atoms with Gasteiger partial charge in [0.05, 0.1) is 0 Å². The Hall–Kier alpha value is -0.0800. The Balaban J connectivity index is 1.58. The molecular formula is C17H31N2-. The highest BCUT2D eigenvalue weighted by atomic mass is 15.3. The van der Waals surface area contributed by atoms with E-state index in [4.69, 9.17) is 0 Å². The molecule has 3 rings (SSSR count). The molecule has 19 heavy (non-hydrogen) atoms. The van der Waals surface area contributed by atoms with Crippen LogP contribution < -0.4 is 0 Å². The van der Waals surface area contributed by atoms with Crippen molar-refractivity contribution < 1.29 is 0 Å². The predicted molar refractivity (Wildman–Crippen MR) is 80.7 cm³/mol. The lowest BCUT2D eigenvalue weighted by molar-refractivity contribution is 0.106. The second-order valence-corrected chi connectivity index (χ2v) is 6.88. The molecule has 0 amide bonds. The van der Waals surface area contributed by atoms with Gasteiger partial charge in [0.2, 0.25) is 0 Å². The average molecular weight is 263 g/mol. The average Bonchev–Trinajstić information content (AvgIpc) is 2.75. The number of nitrogens with zero attached hydrogens (tertiary/aromatic N) is 2. The Morgan fingerprint density at radius 3 is 1.37 bits per heavy atom. The molecule has 0 aromatic rings. The minimum atomic E-state index is 0.859. The van der Waals surface area contributed by atoms with E-state index in [1.54, 1.807) is 0 Å². The van der Waals surface area contributed by atoms with Gasteiger partial charge in [0.25, 0.3) is 0 Å². The van der Waals surface area contributed by atoms with Crippen LogP contribution in [0.5, 0.6) is 0 Å². The summed E-state index contributed by atoms with van der Waals surface area (Å²) in [5, 5.41) is 0. The van der Waals surface area contributed by atoms with Gasteiger partial charge in [-0.1, -0.05) is 38.5 Å². The summed E-state index contributed by atoms with van der Waals surface area (Å²) in [6.45, 7) is 5.18. The maximum atomic E-state index is 2.72. The highest BCUT2D eigenvalue weighted by Crippen LogP contribution is 2.29. The second kappa shape index (κ2) is 7.08. The molecule has 3 fully saturated rings. The first-order valence-corrected chi connectivity index (χ1v) is 8.80. The summed E-state index contributed by atoms with van der Waals surface area (Å²) >= 11 is 0. The lowest BCUT2D eigenvalue weighted by Crippen LogP contribution is -2.43. The van der Waals surface area contributed by atoms with Gasteiger partial charge in [-0.15, -0.1) is 0 Å². The molecule has 1 heterocycles. The molecule has 0 unspecified atom stereocenters. The Morgan fingerprint density at radius 1 is 0.526 bits per heavy atom. The first-order chi connectivity index (χ1) is 9.43. The van der Waals surface area contributed by atoms with Crippen molar-refractivity contribution in [1.29, 1.82) is 0 Å². The Kier molecular flexibility index (Phi) is 5.17. The molecule has 2 saturated carbocycles. The van der Waals surface area contributed by atoms with Gasteiger partial charge in [-0.25, -0.2) is 6.67 Å². The molecular weight excluding hydrogens is 232 g/mol. The van der Waals surface area contributed by atoms with Crippen LogP contribution in [0.15, 0.2) is 0 Å². The Morgan fingerprint density at radius 2 is 0.947 bits per heavy atom. The fraction of sp³-hybridized carbons (Fsp3) is 0.941. The smallest absolute Gasteiger partial charge is 0.0173 e. The van der Waals surface area contributed by atoms with Crippen molar-refractivity contribution in [3.05, 3.63) is 6.67 Å². The number of hydrogen-bond acceptors (Lipinski definition) is 2. The van der Waals surface area contributed by atoms with Crippen molar-refractivity contribution in [3.63, 3.8) is 0 Å². The van der Waals surface area contributed by atoms with E-state index in [1.165, 1.54) is 90.1 Å². The number of hydrogen-bond donors (Lipinski definition) is 0. The van der Waals surface area contributed by atoms with Gasteiger partial charge in [-0.3, -0.25) is 0 Å². The van der Waals surface area contributed by atoms with Gasteiger partial charge in [0.1, 0.15) is 0 Å². The Bertz CT molecular complexity index is 228. The van der Waals surface area contributed by atoms with Gasteiger partial charge in [-0.05, 0) is 63.7 Å². The highest BCUT2D eigenvalue weighted by Gasteiger charge is 2.22. The van der Waals surface area contributed by atoms with Crippen molar-refractivity contribution in [2.45, 2.75) is 89.1 Å². The quantitative estimate of drug-likeness (QED) is 0.690. The van der Waals surface area contributed by atoms with E-state index in [2.05, 4.69) is 16.5 Å². The topological polar surface area (TPSA) is 6.48 Å². The first kappa shape index (κ1) is 13.9. The van der Waals surface area contributed by atoms with Crippen molar-refractivity contribution in [2.75, 3.05) is 13.1 Å². The van der Waals surface area contributed by atoms with Crippen molar-refractivity contribution in [1.82, 2.24) is 9.80 Å². The fourth-order valence-electron chi connectivity index (χ4n) is 4.27. The second-order valence-electron chi connectivity index (χ2n) is 6.88. The van der Waals surface area contributed by atoms with Crippen molar-refractivity contribution in [3.8, 4) is 0 Å². The van der Waals surface area contributed by atoms with E-state index >= 15 is 0 Å². The van der Waals surface area contributed by atoms with E-state index in [0.29, 0.717) is 0 Å². The van der Waals surface area contributed by atoms with Crippen molar-refractivity contribution in [2.24, 2.45) is 0 Å². The summed E-state index contributed by atoms with van der Waals surface area (Å²) in [7, 11) is 0. The largest absolute Gasteiger partial charge is 0.440 e. The molecule has 0 aromatic heterocycles. The lowest BCUT2D eigenvalue weighted by atomic mass is 9.93. The lowest BCUT2D eigenvalue weighted by Gasteiger charge is -2.49. The van der Waals surface area contributed by atoms with E-state index in [9.17, 15) is 0 Å². The standard InChI is InChI=1S/C17H31N2/c1-3-9-16(10-4-1)18-13-7-8-14-19(15-18)17-11-5-2-6-12-17/h15-17H,1-14H2/q-1. The van der Waals surface area contributed by atoms with Crippen LogP contribution in [0, 0.1) is 6.67 Å². The molecule has 0 N–H and O–H groups in total. The normalized spacial score (nSPS) is 30.3. The third kappa shape index (κ3) is 3.72. The molecule has 2 aliphatic carbocycles. The maximum absolute atomic E-state index is 2.72. The molecule has 1 aliphatic heterocycles. The fourth-order valence-corrected chi connectivity index (χ4v) is 4.27. The molecule has 2 nitrogen and oxygen atoms in total. The summed E-state index contributed by atoms with van der Waals surface area (Å²) < 4.78 is 0. The van der Waals surface area contributed by atoms with Gasteiger partial charge < -0.3 is 9.80 Å². The van der Waals surface area contributed by atoms with E-state index < -0.39 is 0 Å². The van der Waals surface area contributed by atoms with Crippen LogP contribution in [-0.2, 0) is 0 Å². The van der Waals surface area contributed by atoms with Crippen LogP contribution in [0.25, 0.3) is 0 Å². The summed E-state index contributed by atoms with van der Waals surface area (Å²) in [6, 6.07) is 1.72. The minimum absolute atomic E-state index is 0.859. The third-order valence-corrected chi connectivity index (χ3v) is 5.47. The molecule has 0 aromatic carbocycles. The molecule has 0 atom stereocenters. The molecule has 110 valence electrons. The Labute approximate surface area is 119 Å². The maximum Gasteiger partial charge on any atom is -0.0173 e. The SMILES string of the molecule is [CH-]1N(C2CCCCC2)CCCCN1C1CCCCC1. The number of rotatable bonds is 2. The zero-order valence-corrected chi connectivity index (χ0v) is 12.5. The highest BCUT2D eigenvalue weighted by molar-refractivity contribution is 4.87. The van der Waals surface area contributed by atoms with E-state index in [1.807, 2.05) is 0 Å². The van der Waals surface area contributed by atoms with Gasteiger partial charge >= 0.3 is 0 Å². The third-order valence-electron chi connectivity index (χ3n) is 5.47. The monoisotopic (exact) mass is 263 g/mol. The van der Waals surface area contributed by atoms with E-state index in [-0.39, 0.29) is 0 Å².